The van der Waals surface area contributed by atoms with Crippen LogP contribution in [0.1, 0.15) is 10.4 Å². The largest absolute Gasteiger partial charge is 0.497 e. The van der Waals surface area contributed by atoms with E-state index in [2.05, 4.69) is 31.5 Å². The molecule has 0 spiro atoms. The van der Waals surface area contributed by atoms with Gasteiger partial charge in [0.05, 0.1) is 12.8 Å². The first-order valence-electron chi connectivity index (χ1n) is 7.53. The predicted octanol–water partition coefficient (Wildman–Crippen LogP) is 4.71. The Balaban J connectivity index is 1.63. The highest BCUT2D eigenvalue weighted by Gasteiger charge is 2.10. The Morgan fingerprint density at radius 3 is 2.69 bits per heavy atom. The van der Waals surface area contributed by atoms with Crippen LogP contribution in [0.3, 0.4) is 0 Å². The topological polar surface area (TPSA) is 63.2 Å². The molecule has 0 aliphatic carbocycles. The first kappa shape index (κ1) is 18.5. The van der Waals surface area contributed by atoms with Crippen molar-refractivity contribution in [2.75, 3.05) is 12.4 Å². The van der Waals surface area contributed by atoms with Crippen molar-refractivity contribution in [3.05, 3.63) is 63.9 Å². The number of benzene rings is 2. The molecule has 1 amide bonds. The highest BCUT2D eigenvalue weighted by Crippen LogP contribution is 2.26. The van der Waals surface area contributed by atoms with Gasteiger partial charge in [-0.1, -0.05) is 22.0 Å². The number of hydrogen-bond donors (Lipinski definition) is 2. The number of amides is 1. The van der Waals surface area contributed by atoms with Gasteiger partial charge in [-0.2, -0.15) is 0 Å². The van der Waals surface area contributed by atoms with Gasteiger partial charge in [-0.05, 0) is 54.7 Å². The van der Waals surface area contributed by atoms with Crippen LogP contribution in [0.2, 0.25) is 0 Å². The minimum absolute atomic E-state index is 0.200. The molecule has 132 valence electrons. The zero-order valence-corrected chi connectivity index (χ0v) is 16.9. The lowest BCUT2D eigenvalue weighted by molar-refractivity contribution is 0.0977. The molecule has 2 N–H and O–H groups in total. The number of carbonyl (C=O) groups excluding carboxylic acids is 1. The third-order valence-corrected chi connectivity index (χ3v) is 4.88. The van der Waals surface area contributed by atoms with E-state index in [0.717, 1.165) is 21.5 Å². The van der Waals surface area contributed by atoms with E-state index in [4.69, 9.17) is 17.0 Å². The van der Waals surface area contributed by atoms with Gasteiger partial charge in [0.25, 0.3) is 5.91 Å². The molecule has 2 aromatic carbocycles. The standard InChI is InChI=1S/C18H14BrN3O2S2/c1-24-14-7-5-11(6-8-14)15-10-26-18(20-15)22-17(25)21-16(23)12-3-2-4-13(19)9-12/h2-10H,1H3,(H2,20,21,22,23,25). The van der Waals surface area contributed by atoms with Gasteiger partial charge in [0.1, 0.15) is 5.75 Å². The SMILES string of the molecule is COc1ccc(-c2csc(NC(=S)NC(=O)c3cccc(Br)c3)n2)cc1. The van der Waals surface area contributed by atoms with Gasteiger partial charge in [0.15, 0.2) is 10.2 Å². The Morgan fingerprint density at radius 1 is 1.23 bits per heavy atom. The van der Waals surface area contributed by atoms with Crippen LogP contribution in [-0.2, 0) is 0 Å². The molecule has 0 atom stereocenters. The molecule has 0 fully saturated rings. The summed E-state index contributed by atoms with van der Waals surface area (Å²) in [4.78, 5) is 16.7. The third kappa shape index (κ3) is 4.66. The molecule has 0 unspecified atom stereocenters. The average molecular weight is 448 g/mol. The third-order valence-electron chi connectivity index (χ3n) is 3.42. The fourth-order valence-electron chi connectivity index (χ4n) is 2.16. The minimum atomic E-state index is -0.282. The lowest BCUT2D eigenvalue weighted by Crippen LogP contribution is -2.34. The van der Waals surface area contributed by atoms with E-state index in [1.165, 1.54) is 11.3 Å². The molecule has 3 aromatic rings. The number of thiazole rings is 1. The van der Waals surface area contributed by atoms with Crippen LogP contribution in [0.5, 0.6) is 5.75 Å². The van der Waals surface area contributed by atoms with Crippen molar-refractivity contribution < 1.29 is 9.53 Å². The number of aromatic nitrogens is 1. The number of anilines is 1. The summed E-state index contributed by atoms with van der Waals surface area (Å²) in [5.74, 6) is 0.509. The van der Waals surface area contributed by atoms with Crippen molar-refractivity contribution in [2.24, 2.45) is 0 Å². The van der Waals surface area contributed by atoms with Crippen LogP contribution in [0.25, 0.3) is 11.3 Å². The molecule has 26 heavy (non-hydrogen) atoms. The summed E-state index contributed by atoms with van der Waals surface area (Å²) in [6, 6.07) is 14.7. The normalized spacial score (nSPS) is 10.2. The smallest absolute Gasteiger partial charge is 0.257 e. The molecule has 0 saturated carbocycles. The van der Waals surface area contributed by atoms with Gasteiger partial charge in [-0.25, -0.2) is 4.98 Å². The molecular weight excluding hydrogens is 434 g/mol. The second-order valence-electron chi connectivity index (χ2n) is 5.18. The number of halogens is 1. The van der Waals surface area contributed by atoms with E-state index < -0.39 is 0 Å². The molecule has 5 nitrogen and oxygen atoms in total. The van der Waals surface area contributed by atoms with Gasteiger partial charge >= 0.3 is 0 Å². The number of thiocarbonyl (C=S) groups is 1. The summed E-state index contributed by atoms with van der Waals surface area (Å²) in [6.07, 6.45) is 0. The van der Waals surface area contributed by atoms with E-state index in [1.807, 2.05) is 35.7 Å². The molecule has 0 aliphatic rings. The molecule has 0 bridgehead atoms. The monoisotopic (exact) mass is 447 g/mol. The van der Waals surface area contributed by atoms with E-state index in [9.17, 15) is 4.79 Å². The summed E-state index contributed by atoms with van der Waals surface area (Å²) in [7, 11) is 1.63. The lowest BCUT2D eigenvalue weighted by atomic mass is 10.2. The summed E-state index contributed by atoms with van der Waals surface area (Å²) < 4.78 is 5.98. The van der Waals surface area contributed by atoms with Crippen molar-refractivity contribution >= 4 is 55.6 Å². The summed E-state index contributed by atoms with van der Waals surface area (Å²) >= 11 is 9.95. The summed E-state index contributed by atoms with van der Waals surface area (Å²) in [5, 5.41) is 8.31. The van der Waals surface area contributed by atoms with Crippen LogP contribution < -0.4 is 15.4 Å². The Hall–Kier alpha value is -2.29. The Kier molecular flexibility index (Phi) is 5.97. The average Bonchev–Trinajstić information content (AvgIpc) is 3.10. The summed E-state index contributed by atoms with van der Waals surface area (Å²) in [5.41, 5.74) is 2.31. The minimum Gasteiger partial charge on any atom is -0.497 e. The maximum atomic E-state index is 12.2. The van der Waals surface area contributed by atoms with Crippen LogP contribution in [0.4, 0.5) is 5.13 Å². The first-order valence-corrected chi connectivity index (χ1v) is 9.61. The van der Waals surface area contributed by atoms with Crippen molar-refractivity contribution in [1.29, 1.82) is 0 Å². The number of rotatable bonds is 4. The highest BCUT2D eigenvalue weighted by molar-refractivity contribution is 9.10. The van der Waals surface area contributed by atoms with E-state index in [-0.39, 0.29) is 11.0 Å². The molecule has 3 rings (SSSR count). The number of methoxy groups -OCH3 is 1. The second kappa shape index (κ2) is 8.39. The number of nitrogens with zero attached hydrogens (tertiary/aromatic N) is 1. The van der Waals surface area contributed by atoms with Crippen molar-refractivity contribution in [1.82, 2.24) is 10.3 Å². The number of hydrogen-bond acceptors (Lipinski definition) is 5. The molecule has 1 aromatic heterocycles. The van der Waals surface area contributed by atoms with Gasteiger partial charge in [0, 0.05) is 21.0 Å². The molecular formula is C18H14BrN3O2S2. The Labute approximate surface area is 168 Å². The zero-order chi connectivity index (χ0) is 18.5. The number of ether oxygens (including phenoxy) is 1. The van der Waals surface area contributed by atoms with Crippen LogP contribution >= 0.6 is 39.5 Å². The summed E-state index contributed by atoms with van der Waals surface area (Å²) in [6.45, 7) is 0. The molecule has 0 saturated heterocycles. The van der Waals surface area contributed by atoms with Gasteiger partial charge < -0.3 is 10.1 Å². The number of carbonyl (C=O) groups is 1. The molecule has 0 aliphatic heterocycles. The van der Waals surface area contributed by atoms with E-state index in [1.54, 1.807) is 25.3 Å². The Bertz CT molecular complexity index is 942. The van der Waals surface area contributed by atoms with Crippen molar-refractivity contribution in [3.8, 4) is 17.0 Å². The Morgan fingerprint density at radius 2 is 2.00 bits per heavy atom. The van der Waals surface area contributed by atoms with Crippen LogP contribution in [-0.4, -0.2) is 23.1 Å². The van der Waals surface area contributed by atoms with Crippen molar-refractivity contribution in [2.45, 2.75) is 0 Å². The van der Waals surface area contributed by atoms with Gasteiger partial charge in [0.2, 0.25) is 0 Å². The van der Waals surface area contributed by atoms with Gasteiger partial charge in [-0.15, -0.1) is 11.3 Å². The van der Waals surface area contributed by atoms with Crippen LogP contribution in [0, 0.1) is 0 Å². The molecule has 0 radical (unpaired) electrons. The predicted molar refractivity (Wildman–Crippen MR) is 112 cm³/mol. The maximum Gasteiger partial charge on any atom is 0.257 e. The second-order valence-corrected chi connectivity index (χ2v) is 7.37. The van der Waals surface area contributed by atoms with Crippen molar-refractivity contribution in [3.63, 3.8) is 0 Å². The van der Waals surface area contributed by atoms with E-state index >= 15 is 0 Å². The quantitative estimate of drug-likeness (QED) is 0.567. The first-order chi connectivity index (χ1) is 12.5. The van der Waals surface area contributed by atoms with E-state index in [0.29, 0.717) is 10.7 Å². The highest BCUT2D eigenvalue weighted by atomic mass is 79.9. The fraction of sp³-hybridized carbons (Fsp3) is 0.0556. The molecule has 1 heterocycles. The molecule has 8 heteroatoms. The lowest BCUT2D eigenvalue weighted by Gasteiger charge is -2.07. The zero-order valence-electron chi connectivity index (χ0n) is 13.7. The van der Waals surface area contributed by atoms with Gasteiger partial charge in [-0.3, -0.25) is 10.1 Å². The van der Waals surface area contributed by atoms with Crippen LogP contribution in [0.15, 0.2) is 58.4 Å². The fourth-order valence-corrected chi connectivity index (χ4v) is 3.54. The maximum absolute atomic E-state index is 12.2. The number of nitrogens with one attached hydrogen (secondary N) is 2.